The molecule has 2 rings (SSSR count). The van der Waals surface area contributed by atoms with E-state index in [1.807, 2.05) is 44.3 Å². The summed E-state index contributed by atoms with van der Waals surface area (Å²) < 4.78 is 5.44. The van der Waals surface area contributed by atoms with Crippen LogP contribution in [0.1, 0.15) is 22.7 Å². The largest absolute Gasteiger partial charge is 0.496 e. The number of ether oxygens (including phenoxy) is 1. The lowest BCUT2D eigenvalue weighted by Gasteiger charge is -2.22. The molecular weight excluding hydrogens is 293 g/mol. The van der Waals surface area contributed by atoms with Gasteiger partial charge in [0.25, 0.3) is 0 Å². The highest BCUT2D eigenvalue weighted by Crippen LogP contribution is 2.34. The van der Waals surface area contributed by atoms with Crippen LogP contribution in [0.25, 0.3) is 0 Å². The highest BCUT2D eigenvalue weighted by Gasteiger charge is 2.19. The van der Waals surface area contributed by atoms with Gasteiger partial charge in [0.1, 0.15) is 5.75 Å². The third kappa shape index (κ3) is 2.93. The summed E-state index contributed by atoms with van der Waals surface area (Å²) >= 11 is 12.3. The Morgan fingerprint density at radius 3 is 2.50 bits per heavy atom. The van der Waals surface area contributed by atoms with Crippen molar-refractivity contribution in [3.05, 3.63) is 63.1 Å². The van der Waals surface area contributed by atoms with Gasteiger partial charge in [0, 0.05) is 15.6 Å². The molecule has 0 aliphatic rings. The smallest absolute Gasteiger partial charge is 0.124 e. The van der Waals surface area contributed by atoms with Gasteiger partial charge < -0.3 is 10.1 Å². The molecule has 1 unspecified atom stereocenters. The van der Waals surface area contributed by atoms with Crippen LogP contribution in [0, 0.1) is 6.92 Å². The van der Waals surface area contributed by atoms with Crippen molar-refractivity contribution in [1.82, 2.24) is 5.32 Å². The summed E-state index contributed by atoms with van der Waals surface area (Å²) in [6.45, 7) is 2.01. The van der Waals surface area contributed by atoms with Gasteiger partial charge in [-0.05, 0) is 49.4 Å². The van der Waals surface area contributed by atoms with Crippen molar-refractivity contribution in [2.24, 2.45) is 0 Å². The first-order valence-electron chi connectivity index (χ1n) is 6.34. The van der Waals surface area contributed by atoms with E-state index in [1.165, 1.54) is 0 Å². The fraction of sp³-hybridized carbons (Fsp3) is 0.250. The molecule has 4 heteroatoms. The number of methoxy groups -OCH3 is 1. The summed E-state index contributed by atoms with van der Waals surface area (Å²) in [6.07, 6.45) is 0. The lowest BCUT2D eigenvalue weighted by Crippen LogP contribution is -2.19. The molecule has 1 atom stereocenters. The second kappa shape index (κ2) is 6.49. The minimum Gasteiger partial charge on any atom is -0.496 e. The molecule has 0 saturated carbocycles. The summed E-state index contributed by atoms with van der Waals surface area (Å²) in [7, 11) is 3.57. The molecule has 106 valence electrons. The highest BCUT2D eigenvalue weighted by atomic mass is 35.5. The van der Waals surface area contributed by atoms with E-state index in [1.54, 1.807) is 7.11 Å². The third-order valence-electron chi connectivity index (χ3n) is 3.41. The first-order chi connectivity index (χ1) is 9.58. The van der Waals surface area contributed by atoms with Crippen LogP contribution in [-0.4, -0.2) is 14.2 Å². The molecule has 0 aliphatic heterocycles. The van der Waals surface area contributed by atoms with Crippen LogP contribution in [0.2, 0.25) is 10.0 Å². The fourth-order valence-electron chi connectivity index (χ4n) is 2.35. The van der Waals surface area contributed by atoms with Gasteiger partial charge in [-0.15, -0.1) is 0 Å². The number of hydrogen-bond donors (Lipinski definition) is 1. The molecule has 2 aromatic carbocycles. The van der Waals surface area contributed by atoms with Gasteiger partial charge >= 0.3 is 0 Å². The molecule has 1 N–H and O–H groups in total. The van der Waals surface area contributed by atoms with E-state index in [2.05, 4.69) is 11.4 Å². The Morgan fingerprint density at radius 2 is 1.85 bits per heavy atom. The van der Waals surface area contributed by atoms with Gasteiger partial charge in [0.05, 0.1) is 13.2 Å². The fourth-order valence-corrected chi connectivity index (χ4v) is 2.71. The number of hydrogen-bond acceptors (Lipinski definition) is 2. The molecular formula is C16H17Cl2NO. The van der Waals surface area contributed by atoms with Crippen molar-refractivity contribution in [2.45, 2.75) is 13.0 Å². The van der Waals surface area contributed by atoms with Crippen LogP contribution in [0.15, 0.2) is 36.4 Å². The van der Waals surface area contributed by atoms with Gasteiger partial charge in [-0.25, -0.2) is 0 Å². The first kappa shape index (κ1) is 15.2. The summed E-state index contributed by atoms with van der Waals surface area (Å²) in [6, 6.07) is 11.5. The number of halogens is 2. The Morgan fingerprint density at radius 1 is 1.10 bits per heavy atom. The maximum Gasteiger partial charge on any atom is 0.124 e. The monoisotopic (exact) mass is 309 g/mol. The van der Waals surface area contributed by atoms with Crippen LogP contribution in [-0.2, 0) is 0 Å². The van der Waals surface area contributed by atoms with Gasteiger partial charge in [0.2, 0.25) is 0 Å². The summed E-state index contributed by atoms with van der Waals surface area (Å²) in [5.41, 5.74) is 3.16. The maximum absolute atomic E-state index is 6.22. The molecule has 0 aliphatic carbocycles. The van der Waals surface area contributed by atoms with Crippen molar-refractivity contribution in [2.75, 3.05) is 14.2 Å². The molecule has 20 heavy (non-hydrogen) atoms. The molecule has 0 saturated heterocycles. The molecule has 0 spiro atoms. The van der Waals surface area contributed by atoms with Crippen LogP contribution < -0.4 is 10.1 Å². The molecule has 0 bridgehead atoms. The van der Waals surface area contributed by atoms with Gasteiger partial charge in [0.15, 0.2) is 0 Å². The average Bonchev–Trinajstić information content (AvgIpc) is 2.44. The van der Waals surface area contributed by atoms with Crippen molar-refractivity contribution in [3.63, 3.8) is 0 Å². The minimum atomic E-state index is -0.0256. The topological polar surface area (TPSA) is 21.3 Å². The van der Waals surface area contributed by atoms with E-state index in [0.29, 0.717) is 5.02 Å². The van der Waals surface area contributed by atoms with E-state index < -0.39 is 0 Å². The molecule has 0 aromatic heterocycles. The standard InChI is InChI=1S/C16H17Cl2NO/c1-10-12(5-4-6-14(10)18)16(19-2)13-9-11(17)7-8-15(13)20-3/h4-9,16,19H,1-3H3. The van der Waals surface area contributed by atoms with E-state index in [4.69, 9.17) is 27.9 Å². The number of nitrogens with one attached hydrogen (secondary N) is 1. The molecule has 0 heterocycles. The Bertz CT molecular complexity index is 613. The molecule has 0 radical (unpaired) electrons. The Kier molecular flexibility index (Phi) is 4.92. The van der Waals surface area contributed by atoms with Gasteiger partial charge in [-0.2, -0.15) is 0 Å². The van der Waals surface area contributed by atoms with Gasteiger partial charge in [-0.3, -0.25) is 0 Å². The highest BCUT2D eigenvalue weighted by molar-refractivity contribution is 6.31. The van der Waals surface area contributed by atoms with E-state index >= 15 is 0 Å². The quantitative estimate of drug-likeness (QED) is 0.890. The van der Waals surface area contributed by atoms with Crippen molar-refractivity contribution >= 4 is 23.2 Å². The molecule has 2 nitrogen and oxygen atoms in total. The van der Waals surface area contributed by atoms with Crippen molar-refractivity contribution in [1.29, 1.82) is 0 Å². The second-order valence-electron chi connectivity index (χ2n) is 4.56. The average molecular weight is 310 g/mol. The second-order valence-corrected chi connectivity index (χ2v) is 5.41. The molecule has 2 aromatic rings. The van der Waals surface area contributed by atoms with Crippen molar-refractivity contribution in [3.8, 4) is 5.75 Å². The van der Waals surface area contributed by atoms with Crippen LogP contribution in [0.5, 0.6) is 5.75 Å². The van der Waals surface area contributed by atoms with Crippen LogP contribution in [0.4, 0.5) is 0 Å². The summed E-state index contributed by atoms with van der Waals surface area (Å²) in [5, 5.41) is 4.74. The van der Waals surface area contributed by atoms with Gasteiger partial charge in [-0.1, -0.05) is 35.3 Å². The normalized spacial score (nSPS) is 12.2. The van der Waals surface area contributed by atoms with Crippen LogP contribution >= 0.6 is 23.2 Å². The summed E-state index contributed by atoms with van der Waals surface area (Å²) in [4.78, 5) is 0. The lowest BCUT2D eigenvalue weighted by molar-refractivity contribution is 0.405. The molecule has 0 amide bonds. The third-order valence-corrected chi connectivity index (χ3v) is 4.06. The number of rotatable bonds is 4. The molecule has 0 fully saturated rings. The zero-order chi connectivity index (χ0) is 14.7. The summed E-state index contributed by atoms with van der Waals surface area (Å²) in [5.74, 6) is 0.799. The predicted octanol–water partition coefficient (Wildman–Crippen LogP) is 4.62. The van der Waals surface area contributed by atoms with E-state index in [0.717, 1.165) is 27.5 Å². The minimum absolute atomic E-state index is 0.0256. The SMILES string of the molecule is CNC(c1cc(Cl)ccc1OC)c1cccc(Cl)c1C. The van der Waals surface area contributed by atoms with Crippen molar-refractivity contribution < 1.29 is 4.74 Å². The predicted molar refractivity (Wildman–Crippen MR) is 85.1 cm³/mol. The Labute approximate surface area is 129 Å². The maximum atomic E-state index is 6.22. The van der Waals surface area contributed by atoms with Crippen LogP contribution in [0.3, 0.4) is 0 Å². The zero-order valence-corrected chi connectivity index (χ0v) is 13.2. The zero-order valence-electron chi connectivity index (χ0n) is 11.7. The number of benzene rings is 2. The Hall–Kier alpha value is -1.22. The van der Waals surface area contributed by atoms with E-state index in [-0.39, 0.29) is 6.04 Å². The lowest BCUT2D eigenvalue weighted by atomic mass is 9.94. The Balaban J connectivity index is 2.58. The first-order valence-corrected chi connectivity index (χ1v) is 7.09. The van der Waals surface area contributed by atoms with E-state index in [9.17, 15) is 0 Å².